The lowest BCUT2D eigenvalue weighted by Crippen LogP contribution is -2.46. The number of hydrogen-bond donors (Lipinski definition) is 2. The SMILES string of the molecule is CCNC(=NCc1ccc(F)c(COC)c1)NC1CCCC(C(F)(F)F)C1.I. The van der Waals surface area contributed by atoms with E-state index in [9.17, 15) is 17.6 Å². The van der Waals surface area contributed by atoms with Gasteiger partial charge in [-0.2, -0.15) is 13.2 Å². The molecule has 0 spiro atoms. The van der Waals surface area contributed by atoms with Crippen LogP contribution < -0.4 is 10.6 Å². The summed E-state index contributed by atoms with van der Waals surface area (Å²) in [6.07, 6.45) is -2.68. The van der Waals surface area contributed by atoms with Crippen LogP contribution in [-0.4, -0.2) is 31.8 Å². The minimum absolute atomic E-state index is 0. The van der Waals surface area contributed by atoms with E-state index in [-0.39, 0.29) is 55.3 Å². The van der Waals surface area contributed by atoms with Gasteiger partial charge in [-0.05, 0) is 43.9 Å². The van der Waals surface area contributed by atoms with Gasteiger partial charge in [-0.15, -0.1) is 24.0 Å². The van der Waals surface area contributed by atoms with Gasteiger partial charge in [0.1, 0.15) is 5.82 Å². The fourth-order valence-corrected chi connectivity index (χ4v) is 3.29. The van der Waals surface area contributed by atoms with Crippen LogP contribution in [-0.2, 0) is 17.9 Å². The highest BCUT2D eigenvalue weighted by Gasteiger charge is 2.42. The first-order valence-electron chi connectivity index (χ1n) is 9.21. The second-order valence-electron chi connectivity index (χ2n) is 6.80. The van der Waals surface area contributed by atoms with Gasteiger partial charge in [0.2, 0.25) is 0 Å². The average molecular weight is 517 g/mol. The van der Waals surface area contributed by atoms with E-state index >= 15 is 0 Å². The van der Waals surface area contributed by atoms with Crippen molar-refractivity contribution in [2.75, 3.05) is 13.7 Å². The van der Waals surface area contributed by atoms with Crippen LogP contribution in [0, 0.1) is 11.7 Å². The molecule has 28 heavy (non-hydrogen) atoms. The Hall–Kier alpha value is -1.10. The lowest BCUT2D eigenvalue weighted by Gasteiger charge is -2.31. The molecule has 1 saturated carbocycles. The second kappa shape index (κ2) is 11.8. The van der Waals surface area contributed by atoms with Crippen molar-refractivity contribution in [2.24, 2.45) is 10.9 Å². The van der Waals surface area contributed by atoms with Crippen LogP contribution in [0.5, 0.6) is 0 Å². The predicted molar refractivity (Wildman–Crippen MR) is 112 cm³/mol. The summed E-state index contributed by atoms with van der Waals surface area (Å²) in [6.45, 7) is 2.95. The highest BCUT2D eigenvalue weighted by atomic mass is 127. The predicted octanol–water partition coefficient (Wildman–Crippen LogP) is 4.77. The maximum Gasteiger partial charge on any atom is 0.391 e. The highest BCUT2D eigenvalue weighted by Crippen LogP contribution is 2.37. The van der Waals surface area contributed by atoms with E-state index in [0.717, 1.165) is 5.56 Å². The largest absolute Gasteiger partial charge is 0.391 e. The van der Waals surface area contributed by atoms with Gasteiger partial charge >= 0.3 is 6.18 Å². The third-order valence-electron chi connectivity index (χ3n) is 4.65. The van der Waals surface area contributed by atoms with Crippen molar-refractivity contribution in [3.05, 3.63) is 35.1 Å². The Morgan fingerprint density at radius 3 is 2.68 bits per heavy atom. The fraction of sp³-hybridized carbons (Fsp3) is 0.632. The van der Waals surface area contributed by atoms with Gasteiger partial charge in [-0.3, -0.25) is 0 Å². The minimum Gasteiger partial charge on any atom is -0.380 e. The van der Waals surface area contributed by atoms with E-state index in [1.807, 2.05) is 6.92 Å². The number of alkyl halides is 3. The molecule has 1 aliphatic carbocycles. The Kier molecular flexibility index (Phi) is 10.5. The first kappa shape index (κ1) is 24.9. The molecule has 2 rings (SSSR count). The number of guanidine groups is 1. The molecule has 160 valence electrons. The smallest absolute Gasteiger partial charge is 0.380 e. The molecule has 0 bridgehead atoms. The molecule has 0 aromatic heterocycles. The summed E-state index contributed by atoms with van der Waals surface area (Å²) in [5.41, 5.74) is 1.25. The number of methoxy groups -OCH3 is 1. The number of halogens is 5. The molecule has 0 heterocycles. The van der Waals surface area contributed by atoms with Crippen molar-refractivity contribution in [1.82, 2.24) is 10.6 Å². The first-order chi connectivity index (χ1) is 12.8. The van der Waals surface area contributed by atoms with Crippen LogP contribution in [0.15, 0.2) is 23.2 Å². The molecule has 1 aromatic carbocycles. The standard InChI is InChI=1S/C19H27F4N3O.HI/c1-3-24-18(26-16-6-4-5-15(10-16)19(21,22)23)25-11-13-7-8-17(20)14(9-13)12-27-2;/h7-9,15-16H,3-6,10-12H2,1-2H3,(H2,24,25,26);1H. The number of hydrogen-bond acceptors (Lipinski definition) is 2. The molecule has 1 aromatic rings. The molecule has 1 aliphatic rings. The van der Waals surface area contributed by atoms with E-state index < -0.39 is 12.1 Å². The number of ether oxygens (including phenoxy) is 1. The number of benzene rings is 1. The topological polar surface area (TPSA) is 45.7 Å². The number of aliphatic imine (C=N–C) groups is 1. The maximum absolute atomic E-state index is 13.7. The molecule has 0 amide bonds. The molecule has 2 N–H and O–H groups in total. The summed E-state index contributed by atoms with van der Waals surface area (Å²) in [6, 6.07) is 4.43. The zero-order valence-corrected chi connectivity index (χ0v) is 18.4. The van der Waals surface area contributed by atoms with Crippen LogP contribution in [0.1, 0.15) is 43.7 Å². The lowest BCUT2D eigenvalue weighted by atomic mass is 9.85. The molecule has 0 aliphatic heterocycles. The van der Waals surface area contributed by atoms with Crippen molar-refractivity contribution >= 4 is 29.9 Å². The van der Waals surface area contributed by atoms with Gasteiger partial charge in [0.05, 0.1) is 19.1 Å². The first-order valence-corrected chi connectivity index (χ1v) is 9.21. The maximum atomic E-state index is 13.7. The van der Waals surface area contributed by atoms with Crippen molar-refractivity contribution in [1.29, 1.82) is 0 Å². The zero-order valence-electron chi connectivity index (χ0n) is 16.1. The Bertz CT molecular complexity index is 640. The summed E-state index contributed by atoms with van der Waals surface area (Å²) in [5, 5.41) is 6.18. The molecular formula is C19H28F4IN3O. The number of rotatable bonds is 6. The van der Waals surface area contributed by atoms with Crippen LogP contribution in [0.3, 0.4) is 0 Å². The molecule has 0 saturated heterocycles. The van der Waals surface area contributed by atoms with E-state index in [4.69, 9.17) is 4.74 Å². The molecule has 0 radical (unpaired) electrons. The molecule has 2 atom stereocenters. The fourth-order valence-electron chi connectivity index (χ4n) is 3.29. The molecule has 1 fully saturated rings. The van der Waals surface area contributed by atoms with Crippen LogP contribution >= 0.6 is 24.0 Å². The number of nitrogens with zero attached hydrogens (tertiary/aromatic N) is 1. The summed E-state index contributed by atoms with van der Waals surface area (Å²) >= 11 is 0. The van der Waals surface area contributed by atoms with Crippen molar-refractivity contribution in [3.8, 4) is 0 Å². The van der Waals surface area contributed by atoms with Gasteiger partial charge in [0.15, 0.2) is 5.96 Å². The average Bonchev–Trinajstić information content (AvgIpc) is 2.62. The van der Waals surface area contributed by atoms with Crippen LogP contribution in [0.4, 0.5) is 17.6 Å². The zero-order chi connectivity index (χ0) is 19.9. The summed E-state index contributed by atoms with van der Waals surface area (Å²) in [5.74, 6) is -1.13. The lowest BCUT2D eigenvalue weighted by molar-refractivity contribution is -0.183. The van der Waals surface area contributed by atoms with Crippen LogP contribution in [0.25, 0.3) is 0 Å². The molecule has 2 unspecified atom stereocenters. The monoisotopic (exact) mass is 517 g/mol. The van der Waals surface area contributed by atoms with Gasteiger partial charge in [-0.1, -0.05) is 12.5 Å². The van der Waals surface area contributed by atoms with Crippen molar-refractivity contribution in [2.45, 2.75) is 58.0 Å². The van der Waals surface area contributed by atoms with E-state index in [1.54, 1.807) is 12.1 Å². The van der Waals surface area contributed by atoms with Gasteiger partial charge < -0.3 is 15.4 Å². The summed E-state index contributed by atoms with van der Waals surface area (Å²) in [7, 11) is 1.50. The second-order valence-corrected chi connectivity index (χ2v) is 6.80. The Morgan fingerprint density at radius 2 is 2.04 bits per heavy atom. The Balaban J connectivity index is 0.00000392. The van der Waals surface area contributed by atoms with Gasteiger partial charge in [0, 0.05) is 25.3 Å². The highest BCUT2D eigenvalue weighted by molar-refractivity contribution is 14.0. The van der Waals surface area contributed by atoms with E-state index in [2.05, 4.69) is 15.6 Å². The summed E-state index contributed by atoms with van der Waals surface area (Å²) < 4.78 is 57.6. The Morgan fingerprint density at radius 1 is 1.29 bits per heavy atom. The molecule has 4 nitrogen and oxygen atoms in total. The Labute approximate surface area is 180 Å². The number of nitrogens with one attached hydrogen (secondary N) is 2. The van der Waals surface area contributed by atoms with E-state index in [1.165, 1.54) is 13.2 Å². The third kappa shape index (κ3) is 7.73. The van der Waals surface area contributed by atoms with Gasteiger partial charge in [-0.25, -0.2) is 9.38 Å². The molecular weight excluding hydrogens is 489 g/mol. The van der Waals surface area contributed by atoms with Crippen molar-refractivity contribution in [3.63, 3.8) is 0 Å². The summed E-state index contributed by atoms with van der Waals surface area (Å²) in [4.78, 5) is 4.45. The minimum atomic E-state index is -4.15. The van der Waals surface area contributed by atoms with Crippen LogP contribution in [0.2, 0.25) is 0 Å². The van der Waals surface area contributed by atoms with E-state index in [0.29, 0.717) is 37.5 Å². The molecule has 9 heteroatoms. The van der Waals surface area contributed by atoms with Crippen molar-refractivity contribution < 1.29 is 22.3 Å². The van der Waals surface area contributed by atoms with Gasteiger partial charge in [0.25, 0.3) is 0 Å². The quantitative estimate of drug-likeness (QED) is 0.248. The normalized spacial score (nSPS) is 20.4. The third-order valence-corrected chi connectivity index (χ3v) is 4.65.